The summed E-state index contributed by atoms with van der Waals surface area (Å²) in [5, 5.41) is 3.63. The van der Waals surface area contributed by atoms with E-state index >= 15 is 0 Å². The molecule has 0 bridgehead atoms. The standard InChI is InChI=1S/C7H10BrN5O/c1-14-7-5(6(9)12-13-10)2-4(8)3-11-7/h2-3,13H,10H2,1H3,(H2,9,12). The predicted octanol–water partition coefficient (Wildman–Crippen LogP) is -0.0637. The largest absolute Gasteiger partial charge is 0.480 e. The number of hydrazone groups is 1. The molecule has 0 aromatic carbocycles. The van der Waals surface area contributed by atoms with Crippen LogP contribution in [-0.2, 0) is 0 Å². The van der Waals surface area contributed by atoms with Crippen molar-refractivity contribution >= 4 is 21.8 Å². The van der Waals surface area contributed by atoms with Gasteiger partial charge in [0.1, 0.15) is 0 Å². The van der Waals surface area contributed by atoms with E-state index in [1.807, 2.05) is 0 Å². The van der Waals surface area contributed by atoms with Gasteiger partial charge >= 0.3 is 0 Å². The van der Waals surface area contributed by atoms with E-state index in [1.165, 1.54) is 7.11 Å². The summed E-state index contributed by atoms with van der Waals surface area (Å²) in [7, 11) is 1.50. The van der Waals surface area contributed by atoms with Crippen molar-refractivity contribution in [1.82, 2.24) is 10.5 Å². The van der Waals surface area contributed by atoms with Crippen LogP contribution in [0.2, 0.25) is 0 Å². The van der Waals surface area contributed by atoms with Crippen LogP contribution in [0.4, 0.5) is 0 Å². The fourth-order valence-corrected chi connectivity index (χ4v) is 1.23. The Balaban J connectivity index is 3.16. The van der Waals surface area contributed by atoms with Gasteiger partial charge in [0.05, 0.1) is 12.7 Å². The van der Waals surface area contributed by atoms with Gasteiger partial charge in [0, 0.05) is 10.7 Å². The fraction of sp³-hybridized carbons (Fsp3) is 0.143. The molecular formula is C7H10BrN5O. The molecule has 0 unspecified atom stereocenters. The topological polar surface area (TPSA) is 98.5 Å². The number of nitrogens with two attached hydrogens (primary N) is 2. The summed E-state index contributed by atoms with van der Waals surface area (Å²) in [6, 6.07) is 1.74. The second kappa shape index (κ2) is 4.77. The molecule has 76 valence electrons. The molecule has 1 aromatic heterocycles. The molecule has 1 rings (SSSR count). The Morgan fingerprint density at radius 3 is 3.00 bits per heavy atom. The maximum absolute atomic E-state index is 5.62. The molecule has 0 atom stereocenters. The highest BCUT2D eigenvalue weighted by atomic mass is 79.9. The maximum Gasteiger partial charge on any atom is 0.224 e. The summed E-state index contributed by atoms with van der Waals surface area (Å²) < 4.78 is 5.79. The molecule has 1 heterocycles. The predicted molar refractivity (Wildman–Crippen MR) is 56.5 cm³/mol. The van der Waals surface area contributed by atoms with Gasteiger partial charge in [-0.05, 0) is 22.0 Å². The quantitative estimate of drug-likeness (QED) is 0.306. The van der Waals surface area contributed by atoms with Crippen LogP contribution >= 0.6 is 15.9 Å². The van der Waals surface area contributed by atoms with Crippen molar-refractivity contribution in [3.63, 3.8) is 0 Å². The lowest BCUT2D eigenvalue weighted by molar-refractivity contribution is 0.396. The lowest BCUT2D eigenvalue weighted by atomic mass is 10.2. The highest BCUT2D eigenvalue weighted by Crippen LogP contribution is 2.18. The molecule has 0 amide bonds. The van der Waals surface area contributed by atoms with Gasteiger partial charge in [-0.2, -0.15) is 0 Å². The Kier molecular flexibility index (Phi) is 3.66. The Bertz CT molecular complexity index is 354. The second-order valence-corrected chi connectivity index (χ2v) is 3.25. The first kappa shape index (κ1) is 10.7. The van der Waals surface area contributed by atoms with Crippen molar-refractivity contribution in [3.05, 3.63) is 22.3 Å². The number of hydrogen-bond donors (Lipinski definition) is 3. The van der Waals surface area contributed by atoms with Crippen molar-refractivity contribution < 1.29 is 4.74 Å². The average Bonchev–Trinajstić information content (AvgIpc) is 2.18. The molecule has 5 N–H and O–H groups in total. The summed E-state index contributed by atoms with van der Waals surface area (Å²) >= 11 is 3.26. The third-order valence-electron chi connectivity index (χ3n) is 1.47. The van der Waals surface area contributed by atoms with E-state index in [1.54, 1.807) is 12.3 Å². The number of amidine groups is 1. The normalized spacial score (nSPS) is 11.2. The van der Waals surface area contributed by atoms with Gasteiger partial charge in [-0.1, -0.05) is 0 Å². The second-order valence-electron chi connectivity index (χ2n) is 2.34. The zero-order valence-electron chi connectivity index (χ0n) is 7.49. The number of halogens is 1. The molecule has 14 heavy (non-hydrogen) atoms. The number of hydrazine groups is 1. The SMILES string of the molecule is COc1ncc(Br)cc1/C(N)=N/NN. The Labute approximate surface area is 89.4 Å². The first-order valence-electron chi connectivity index (χ1n) is 3.67. The number of ether oxygens (including phenoxy) is 1. The lowest BCUT2D eigenvalue weighted by Gasteiger charge is -2.06. The maximum atomic E-state index is 5.62. The van der Waals surface area contributed by atoms with Gasteiger partial charge < -0.3 is 10.5 Å². The van der Waals surface area contributed by atoms with Crippen molar-refractivity contribution in [2.75, 3.05) is 7.11 Å². The van der Waals surface area contributed by atoms with Gasteiger partial charge in [-0.3, -0.25) is 0 Å². The van der Waals surface area contributed by atoms with Crippen molar-refractivity contribution in [3.8, 4) is 5.88 Å². The zero-order valence-corrected chi connectivity index (χ0v) is 9.08. The first-order valence-corrected chi connectivity index (χ1v) is 4.47. The number of nitrogens with one attached hydrogen (secondary N) is 1. The van der Waals surface area contributed by atoms with E-state index in [0.717, 1.165) is 4.47 Å². The van der Waals surface area contributed by atoms with E-state index in [9.17, 15) is 0 Å². The molecule has 6 nitrogen and oxygen atoms in total. The van der Waals surface area contributed by atoms with Crippen LogP contribution in [0.5, 0.6) is 5.88 Å². The molecule has 0 aliphatic heterocycles. The van der Waals surface area contributed by atoms with Crippen LogP contribution in [0.1, 0.15) is 5.56 Å². The minimum Gasteiger partial charge on any atom is -0.480 e. The van der Waals surface area contributed by atoms with E-state index in [0.29, 0.717) is 11.4 Å². The van der Waals surface area contributed by atoms with E-state index in [-0.39, 0.29) is 5.84 Å². The van der Waals surface area contributed by atoms with Crippen molar-refractivity contribution in [1.29, 1.82) is 0 Å². The van der Waals surface area contributed by atoms with Gasteiger partial charge in [0.2, 0.25) is 5.88 Å². The molecule has 0 spiro atoms. The summed E-state index contributed by atoms with van der Waals surface area (Å²) in [4.78, 5) is 4.00. The molecule has 0 saturated heterocycles. The molecule has 0 aliphatic carbocycles. The molecule has 7 heteroatoms. The number of pyridine rings is 1. The van der Waals surface area contributed by atoms with Gasteiger partial charge in [-0.25, -0.2) is 16.4 Å². The smallest absolute Gasteiger partial charge is 0.224 e. The van der Waals surface area contributed by atoms with Gasteiger partial charge in [0.25, 0.3) is 0 Å². The van der Waals surface area contributed by atoms with Crippen LogP contribution in [0.25, 0.3) is 0 Å². The molecule has 0 aliphatic rings. The number of rotatable bonds is 3. The van der Waals surface area contributed by atoms with Crippen LogP contribution < -0.4 is 21.8 Å². The van der Waals surface area contributed by atoms with Crippen LogP contribution in [0, 0.1) is 0 Å². The van der Waals surface area contributed by atoms with E-state index in [2.05, 4.69) is 31.6 Å². The van der Waals surface area contributed by atoms with Gasteiger partial charge in [0.15, 0.2) is 5.84 Å². The molecule has 0 fully saturated rings. The van der Waals surface area contributed by atoms with Crippen molar-refractivity contribution in [2.24, 2.45) is 16.7 Å². The number of methoxy groups -OCH3 is 1. The highest BCUT2D eigenvalue weighted by Gasteiger charge is 2.08. The lowest BCUT2D eigenvalue weighted by Crippen LogP contribution is -2.23. The summed E-state index contributed by atoms with van der Waals surface area (Å²) in [5.74, 6) is 5.61. The third kappa shape index (κ3) is 2.33. The van der Waals surface area contributed by atoms with Crippen LogP contribution in [0.15, 0.2) is 21.8 Å². The molecular weight excluding hydrogens is 250 g/mol. The fourth-order valence-electron chi connectivity index (χ4n) is 0.903. The highest BCUT2D eigenvalue weighted by molar-refractivity contribution is 9.10. The number of hydrogen-bond acceptors (Lipinski definition) is 5. The number of aromatic nitrogens is 1. The Morgan fingerprint density at radius 2 is 2.43 bits per heavy atom. The summed E-state index contributed by atoms with van der Waals surface area (Å²) in [5.41, 5.74) is 8.29. The van der Waals surface area contributed by atoms with Gasteiger partial charge in [-0.15, -0.1) is 5.10 Å². The first-order chi connectivity index (χ1) is 6.69. The molecule has 0 saturated carbocycles. The summed E-state index contributed by atoms with van der Waals surface area (Å²) in [6.45, 7) is 0. The Hall–Kier alpha value is -1.34. The van der Waals surface area contributed by atoms with Crippen LogP contribution in [-0.4, -0.2) is 17.9 Å². The Morgan fingerprint density at radius 1 is 1.71 bits per heavy atom. The zero-order chi connectivity index (χ0) is 10.6. The van der Waals surface area contributed by atoms with E-state index in [4.69, 9.17) is 16.3 Å². The van der Waals surface area contributed by atoms with Crippen molar-refractivity contribution in [2.45, 2.75) is 0 Å². The molecule has 1 aromatic rings. The minimum absolute atomic E-state index is 0.207. The third-order valence-corrected chi connectivity index (χ3v) is 1.91. The van der Waals surface area contributed by atoms with Crippen LogP contribution in [0.3, 0.4) is 0 Å². The average molecular weight is 260 g/mol. The monoisotopic (exact) mass is 259 g/mol. The molecule has 0 radical (unpaired) electrons. The summed E-state index contributed by atoms with van der Waals surface area (Å²) in [6.07, 6.45) is 1.60. The number of nitrogens with zero attached hydrogens (tertiary/aromatic N) is 2. The van der Waals surface area contributed by atoms with E-state index < -0.39 is 0 Å². The minimum atomic E-state index is 0.207.